The van der Waals surface area contributed by atoms with E-state index in [9.17, 15) is 10.1 Å². The van der Waals surface area contributed by atoms with Gasteiger partial charge < -0.3 is 0 Å². The molecule has 0 atom stereocenters. The van der Waals surface area contributed by atoms with Crippen molar-refractivity contribution in [2.75, 3.05) is 0 Å². The zero-order chi connectivity index (χ0) is 15.9. The average molecular weight is 292 g/mol. The van der Waals surface area contributed by atoms with Crippen LogP contribution in [0.5, 0.6) is 0 Å². The molecule has 3 rings (SSSR count). The Hall–Kier alpha value is -2.87. The number of aromatic nitrogens is 3. The van der Waals surface area contributed by atoms with Crippen molar-refractivity contribution in [2.24, 2.45) is 0 Å². The van der Waals surface area contributed by atoms with Crippen molar-refractivity contribution in [3.05, 3.63) is 63.7 Å². The number of nitrogens with zero attached hydrogens (tertiary/aromatic N) is 4. The van der Waals surface area contributed by atoms with Gasteiger partial charge in [-0.15, -0.1) is 0 Å². The highest BCUT2D eigenvalue weighted by molar-refractivity contribution is 5.61. The summed E-state index contributed by atoms with van der Waals surface area (Å²) in [5.74, 6) is 0.0709. The lowest BCUT2D eigenvalue weighted by Crippen LogP contribution is -2.26. The summed E-state index contributed by atoms with van der Waals surface area (Å²) in [6, 6.07) is 11.8. The van der Waals surface area contributed by atoms with E-state index in [1.54, 1.807) is 0 Å². The fourth-order valence-corrected chi connectivity index (χ4v) is 2.89. The summed E-state index contributed by atoms with van der Waals surface area (Å²) in [6.07, 6.45) is 1.44. The van der Waals surface area contributed by atoms with Crippen LogP contribution in [0.25, 0.3) is 11.3 Å². The van der Waals surface area contributed by atoms with Crippen LogP contribution < -0.4 is 5.56 Å². The van der Waals surface area contributed by atoms with E-state index in [0.29, 0.717) is 16.8 Å². The zero-order valence-corrected chi connectivity index (χ0v) is 12.7. The Bertz CT molecular complexity index is 943. The number of rotatable bonds is 2. The summed E-state index contributed by atoms with van der Waals surface area (Å²) in [4.78, 5) is 12.7. The Balaban J connectivity index is 2.56. The predicted octanol–water partition coefficient (Wildman–Crippen LogP) is 2.79. The highest BCUT2D eigenvalue weighted by atomic mass is 16.1. The molecule has 0 amide bonds. The Morgan fingerprint density at radius 3 is 2.50 bits per heavy atom. The van der Waals surface area contributed by atoms with E-state index in [1.165, 1.54) is 10.7 Å². The molecule has 0 N–H and O–H groups in total. The summed E-state index contributed by atoms with van der Waals surface area (Å²) in [5.41, 5.74) is 3.21. The molecule has 0 saturated heterocycles. The maximum Gasteiger partial charge on any atom is 0.278 e. The number of nitriles is 1. The first-order chi connectivity index (χ1) is 10.6. The minimum Gasteiger partial charge on any atom is -0.297 e. The molecule has 0 radical (unpaired) electrons. The van der Waals surface area contributed by atoms with Crippen molar-refractivity contribution in [2.45, 2.75) is 26.7 Å². The van der Waals surface area contributed by atoms with Gasteiger partial charge in [-0.2, -0.15) is 14.9 Å². The van der Waals surface area contributed by atoms with E-state index in [4.69, 9.17) is 0 Å². The van der Waals surface area contributed by atoms with E-state index >= 15 is 0 Å². The second-order valence-corrected chi connectivity index (χ2v) is 5.54. The Morgan fingerprint density at radius 1 is 1.23 bits per heavy atom. The van der Waals surface area contributed by atoms with Crippen molar-refractivity contribution < 1.29 is 0 Å². The van der Waals surface area contributed by atoms with Crippen LogP contribution in [0.3, 0.4) is 0 Å². The standard InChI is InChI=1S/C17H16N4O/c1-11(2)15-12(3)20(14-7-5-4-6-8-14)16-13(9-18)10-19-21(16)17(15)22/h4-8,10-11H,1-3H3. The van der Waals surface area contributed by atoms with Gasteiger partial charge in [-0.1, -0.05) is 32.0 Å². The molecule has 0 saturated carbocycles. The molecule has 0 fully saturated rings. The summed E-state index contributed by atoms with van der Waals surface area (Å²) in [7, 11) is 0. The zero-order valence-electron chi connectivity index (χ0n) is 12.7. The minimum absolute atomic E-state index is 0.0709. The molecule has 0 bridgehead atoms. The summed E-state index contributed by atoms with van der Waals surface area (Å²) in [5, 5.41) is 13.5. The lowest BCUT2D eigenvalue weighted by Gasteiger charge is -2.18. The van der Waals surface area contributed by atoms with E-state index in [0.717, 1.165) is 11.4 Å². The SMILES string of the molecule is Cc1c(C(C)C)c(=O)n2ncc(C#N)c2n1-c1ccccc1. The smallest absolute Gasteiger partial charge is 0.278 e. The quantitative estimate of drug-likeness (QED) is 0.729. The first-order valence-electron chi connectivity index (χ1n) is 7.15. The second kappa shape index (κ2) is 5.15. The van der Waals surface area contributed by atoms with Crippen LogP contribution in [0, 0.1) is 18.3 Å². The molecule has 5 nitrogen and oxygen atoms in total. The van der Waals surface area contributed by atoms with Crippen LogP contribution in [0.15, 0.2) is 41.3 Å². The van der Waals surface area contributed by atoms with Crippen LogP contribution in [0.1, 0.15) is 36.6 Å². The highest BCUT2D eigenvalue weighted by Crippen LogP contribution is 2.23. The number of fused-ring (bicyclic) bond motifs is 1. The van der Waals surface area contributed by atoms with Gasteiger partial charge >= 0.3 is 0 Å². The third-order valence-corrected chi connectivity index (χ3v) is 3.82. The molecule has 22 heavy (non-hydrogen) atoms. The molecule has 0 aliphatic carbocycles. The monoisotopic (exact) mass is 292 g/mol. The number of hydrogen-bond acceptors (Lipinski definition) is 3. The van der Waals surface area contributed by atoms with Gasteiger partial charge in [0.25, 0.3) is 5.56 Å². The molecule has 0 unspecified atom stereocenters. The summed E-state index contributed by atoms with van der Waals surface area (Å²) in [6.45, 7) is 5.89. The van der Waals surface area contributed by atoms with Gasteiger partial charge in [0.15, 0.2) is 5.65 Å². The van der Waals surface area contributed by atoms with Gasteiger partial charge in [-0.05, 0) is 25.0 Å². The topological polar surface area (TPSA) is 63.1 Å². The minimum atomic E-state index is -0.156. The van der Waals surface area contributed by atoms with Crippen LogP contribution in [0.2, 0.25) is 0 Å². The summed E-state index contributed by atoms with van der Waals surface area (Å²) < 4.78 is 3.26. The number of para-hydroxylation sites is 1. The molecule has 110 valence electrons. The lowest BCUT2D eigenvalue weighted by molar-refractivity contribution is 0.755. The number of hydrogen-bond donors (Lipinski definition) is 0. The molecule has 1 aromatic carbocycles. The van der Waals surface area contributed by atoms with Crippen molar-refractivity contribution >= 4 is 5.65 Å². The Morgan fingerprint density at radius 2 is 1.91 bits per heavy atom. The first-order valence-corrected chi connectivity index (χ1v) is 7.15. The van der Waals surface area contributed by atoms with Gasteiger partial charge in [-0.25, -0.2) is 0 Å². The van der Waals surface area contributed by atoms with E-state index in [2.05, 4.69) is 11.2 Å². The van der Waals surface area contributed by atoms with Gasteiger partial charge in [0.2, 0.25) is 0 Å². The van der Waals surface area contributed by atoms with Crippen LogP contribution in [0.4, 0.5) is 0 Å². The van der Waals surface area contributed by atoms with Gasteiger partial charge in [-0.3, -0.25) is 9.36 Å². The molecule has 0 aliphatic heterocycles. The van der Waals surface area contributed by atoms with Crippen molar-refractivity contribution in [3.8, 4) is 11.8 Å². The van der Waals surface area contributed by atoms with Crippen molar-refractivity contribution in [3.63, 3.8) is 0 Å². The molecule has 0 aliphatic rings. The maximum absolute atomic E-state index is 12.7. The molecule has 2 heterocycles. The van der Waals surface area contributed by atoms with Crippen LogP contribution in [-0.4, -0.2) is 14.2 Å². The van der Waals surface area contributed by atoms with E-state index < -0.39 is 0 Å². The molecule has 3 aromatic rings. The molecular weight excluding hydrogens is 276 g/mol. The highest BCUT2D eigenvalue weighted by Gasteiger charge is 2.20. The largest absolute Gasteiger partial charge is 0.297 e. The third-order valence-electron chi connectivity index (χ3n) is 3.82. The van der Waals surface area contributed by atoms with Crippen LogP contribution >= 0.6 is 0 Å². The molecular formula is C17H16N4O. The molecule has 0 spiro atoms. The summed E-state index contributed by atoms with van der Waals surface area (Å²) >= 11 is 0. The Kier molecular flexibility index (Phi) is 3.30. The van der Waals surface area contributed by atoms with Crippen molar-refractivity contribution in [1.82, 2.24) is 14.2 Å². The van der Waals surface area contributed by atoms with Crippen LogP contribution in [-0.2, 0) is 0 Å². The maximum atomic E-state index is 12.7. The normalized spacial score (nSPS) is 11.0. The molecule has 2 aromatic heterocycles. The van der Waals surface area contributed by atoms with E-state index in [-0.39, 0.29) is 11.5 Å². The predicted molar refractivity (Wildman–Crippen MR) is 84.3 cm³/mol. The number of benzene rings is 1. The second-order valence-electron chi connectivity index (χ2n) is 5.54. The van der Waals surface area contributed by atoms with Gasteiger partial charge in [0.05, 0.1) is 6.20 Å². The molecule has 5 heteroatoms. The van der Waals surface area contributed by atoms with Gasteiger partial charge in [0, 0.05) is 16.9 Å². The van der Waals surface area contributed by atoms with E-state index in [1.807, 2.05) is 55.7 Å². The first kappa shape index (κ1) is 14.1. The van der Waals surface area contributed by atoms with Crippen molar-refractivity contribution in [1.29, 1.82) is 5.26 Å². The lowest BCUT2D eigenvalue weighted by atomic mass is 10.0. The Labute approximate surface area is 128 Å². The third kappa shape index (κ3) is 1.92. The fourth-order valence-electron chi connectivity index (χ4n) is 2.89. The fraction of sp³-hybridized carbons (Fsp3) is 0.235. The van der Waals surface area contributed by atoms with Gasteiger partial charge in [0.1, 0.15) is 11.6 Å². The average Bonchev–Trinajstić information content (AvgIpc) is 2.92.